The number of hydrogen-bond acceptors (Lipinski definition) is 4. The molecule has 1 heterocycles. The van der Waals surface area contributed by atoms with Gasteiger partial charge in [-0.15, -0.1) is 0 Å². The van der Waals surface area contributed by atoms with Gasteiger partial charge in [0.2, 0.25) is 0 Å². The average molecular weight is 375 g/mol. The van der Waals surface area contributed by atoms with Crippen LogP contribution in [-0.4, -0.2) is 22.9 Å². The summed E-state index contributed by atoms with van der Waals surface area (Å²) >= 11 is 0. The largest absolute Gasteiger partial charge is 0.494 e. The highest BCUT2D eigenvalue weighted by Crippen LogP contribution is 2.35. The number of hydrogen-bond donors (Lipinski definition) is 2. The Hall–Kier alpha value is -3.23. The number of anilines is 1. The van der Waals surface area contributed by atoms with E-state index < -0.39 is 0 Å². The van der Waals surface area contributed by atoms with Crippen molar-refractivity contribution in [3.8, 4) is 22.9 Å². The maximum absolute atomic E-state index is 9.00. The molecule has 0 bridgehead atoms. The number of rotatable bonds is 7. The molecule has 0 fully saturated rings. The zero-order chi connectivity index (χ0) is 20.1. The van der Waals surface area contributed by atoms with E-state index in [1.54, 1.807) is 0 Å². The number of aromatic nitrogens is 1. The number of benzene rings is 2. The number of nitrogens with zero attached hydrogens (tertiary/aromatic N) is 2. The van der Waals surface area contributed by atoms with Crippen molar-refractivity contribution in [3.05, 3.63) is 71.0 Å². The molecule has 144 valence electrons. The Labute approximate surface area is 165 Å². The highest BCUT2D eigenvalue weighted by molar-refractivity contribution is 5.81. The summed E-state index contributed by atoms with van der Waals surface area (Å²) in [4.78, 5) is 0. The third-order valence-corrected chi connectivity index (χ3v) is 4.97. The number of nitrogens with two attached hydrogens (primary N) is 1. The van der Waals surface area contributed by atoms with Gasteiger partial charge in [-0.1, -0.05) is 24.3 Å². The average Bonchev–Trinajstić information content (AvgIpc) is 2.93. The number of ether oxygens (including phenoxy) is 1. The molecule has 2 aromatic carbocycles. The van der Waals surface area contributed by atoms with Gasteiger partial charge in [-0.25, -0.2) is 0 Å². The Balaban J connectivity index is 1.84. The lowest BCUT2D eigenvalue weighted by molar-refractivity contribution is 0.233. The number of aliphatic hydroxyl groups excluding tert-OH is 1. The first kappa shape index (κ1) is 19.5. The first-order valence-electron chi connectivity index (χ1n) is 9.33. The van der Waals surface area contributed by atoms with Crippen LogP contribution in [0.15, 0.2) is 48.5 Å². The van der Waals surface area contributed by atoms with E-state index in [1.165, 1.54) is 0 Å². The van der Waals surface area contributed by atoms with E-state index >= 15 is 0 Å². The molecular formula is C23H25N3O2. The molecule has 0 aliphatic carbocycles. The summed E-state index contributed by atoms with van der Waals surface area (Å²) in [5.41, 5.74) is 13.2. The van der Waals surface area contributed by atoms with Crippen LogP contribution in [0.3, 0.4) is 0 Å². The minimum atomic E-state index is 0.132. The second kappa shape index (κ2) is 8.64. The maximum Gasteiger partial charge on any atom is 0.119 e. The molecule has 0 unspecified atom stereocenters. The van der Waals surface area contributed by atoms with E-state index in [0.717, 1.165) is 46.1 Å². The summed E-state index contributed by atoms with van der Waals surface area (Å²) in [7, 11) is 0. The molecule has 0 saturated carbocycles. The lowest BCUT2D eigenvalue weighted by Crippen LogP contribution is -2.05. The van der Waals surface area contributed by atoms with Gasteiger partial charge in [0, 0.05) is 36.5 Å². The molecule has 0 atom stereocenters. The highest BCUT2D eigenvalue weighted by atomic mass is 16.5. The molecule has 5 heteroatoms. The molecule has 0 radical (unpaired) electrons. The van der Waals surface area contributed by atoms with Crippen LogP contribution in [0.2, 0.25) is 0 Å². The van der Waals surface area contributed by atoms with E-state index in [1.807, 2.05) is 55.5 Å². The monoisotopic (exact) mass is 375 g/mol. The van der Waals surface area contributed by atoms with Crippen LogP contribution in [0.4, 0.5) is 5.69 Å². The van der Waals surface area contributed by atoms with Crippen LogP contribution < -0.4 is 10.5 Å². The minimum absolute atomic E-state index is 0.132. The molecule has 0 amide bonds. The number of nitriles is 1. The Kier molecular flexibility index (Phi) is 6.03. The summed E-state index contributed by atoms with van der Waals surface area (Å²) in [5, 5.41) is 17.8. The SMILES string of the molecule is Cc1c(N)c(-c2ccc(C#N)cc2)c(C)n1Cc1ccc(OCCCO)cc1. The maximum atomic E-state index is 9.00. The second-order valence-electron chi connectivity index (χ2n) is 6.80. The van der Waals surface area contributed by atoms with Crippen LogP contribution in [-0.2, 0) is 6.54 Å². The van der Waals surface area contributed by atoms with Crippen LogP contribution in [0.1, 0.15) is 28.9 Å². The van der Waals surface area contributed by atoms with Crippen molar-refractivity contribution >= 4 is 5.69 Å². The fourth-order valence-corrected chi connectivity index (χ4v) is 3.35. The predicted molar refractivity (Wildman–Crippen MR) is 111 cm³/mol. The molecular weight excluding hydrogens is 350 g/mol. The fourth-order valence-electron chi connectivity index (χ4n) is 3.35. The smallest absolute Gasteiger partial charge is 0.119 e. The standard InChI is InChI=1S/C23H25N3O2/c1-16-22(20-8-4-18(14-24)5-9-20)23(25)17(2)26(16)15-19-6-10-21(11-7-19)28-13-3-12-27/h4-11,27H,3,12-13,15,25H2,1-2H3. The molecule has 0 saturated heterocycles. The Bertz CT molecular complexity index is 981. The van der Waals surface area contributed by atoms with Gasteiger partial charge in [0.25, 0.3) is 0 Å². The van der Waals surface area contributed by atoms with Crippen molar-refractivity contribution in [2.24, 2.45) is 0 Å². The Morgan fingerprint density at radius 2 is 1.71 bits per heavy atom. The van der Waals surface area contributed by atoms with Gasteiger partial charge in [0.1, 0.15) is 5.75 Å². The van der Waals surface area contributed by atoms with Crippen molar-refractivity contribution < 1.29 is 9.84 Å². The van der Waals surface area contributed by atoms with Crippen LogP contribution in [0, 0.1) is 25.2 Å². The van der Waals surface area contributed by atoms with Crippen LogP contribution >= 0.6 is 0 Å². The summed E-state index contributed by atoms with van der Waals surface area (Å²) in [6, 6.07) is 17.7. The quantitative estimate of drug-likeness (QED) is 0.611. The Morgan fingerprint density at radius 1 is 1.04 bits per heavy atom. The van der Waals surface area contributed by atoms with Gasteiger partial charge >= 0.3 is 0 Å². The normalized spacial score (nSPS) is 10.6. The van der Waals surface area contributed by atoms with Crippen LogP contribution in [0.5, 0.6) is 5.75 Å². The first-order chi connectivity index (χ1) is 13.5. The summed E-state index contributed by atoms with van der Waals surface area (Å²) in [6.07, 6.45) is 0.626. The third kappa shape index (κ3) is 4.03. The van der Waals surface area contributed by atoms with Crippen LogP contribution in [0.25, 0.3) is 11.1 Å². The van der Waals surface area contributed by atoms with Crippen molar-refractivity contribution in [1.29, 1.82) is 5.26 Å². The van der Waals surface area contributed by atoms with E-state index in [4.69, 9.17) is 20.8 Å². The molecule has 3 aromatic rings. The van der Waals surface area contributed by atoms with Gasteiger partial charge in [-0.05, 0) is 49.2 Å². The molecule has 1 aromatic heterocycles. The summed E-state index contributed by atoms with van der Waals surface area (Å²) < 4.78 is 7.80. The van der Waals surface area contributed by atoms with Gasteiger partial charge in [0.15, 0.2) is 0 Å². The molecule has 0 aliphatic rings. The number of nitrogen functional groups attached to an aromatic ring is 1. The molecule has 3 rings (SSSR count). The zero-order valence-corrected chi connectivity index (χ0v) is 16.3. The van der Waals surface area contributed by atoms with E-state index in [0.29, 0.717) is 18.6 Å². The number of aliphatic hydroxyl groups is 1. The molecule has 0 aliphatic heterocycles. The van der Waals surface area contributed by atoms with Gasteiger partial charge in [-0.3, -0.25) is 0 Å². The minimum Gasteiger partial charge on any atom is -0.494 e. The summed E-state index contributed by atoms with van der Waals surface area (Å²) in [6.45, 7) is 5.46. The van der Waals surface area contributed by atoms with Crippen molar-refractivity contribution in [3.63, 3.8) is 0 Å². The molecule has 5 nitrogen and oxygen atoms in total. The zero-order valence-electron chi connectivity index (χ0n) is 16.3. The lowest BCUT2D eigenvalue weighted by Gasteiger charge is -2.11. The van der Waals surface area contributed by atoms with Crippen molar-refractivity contribution in [2.75, 3.05) is 18.9 Å². The first-order valence-corrected chi connectivity index (χ1v) is 9.33. The molecule has 0 spiro atoms. The second-order valence-corrected chi connectivity index (χ2v) is 6.80. The van der Waals surface area contributed by atoms with Gasteiger partial charge < -0.3 is 20.1 Å². The van der Waals surface area contributed by atoms with E-state index in [9.17, 15) is 0 Å². The predicted octanol–water partition coefficient (Wildman–Crippen LogP) is 4.04. The van der Waals surface area contributed by atoms with Gasteiger partial charge in [-0.2, -0.15) is 5.26 Å². The lowest BCUT2D eigenvalue weighted by atomic mass is 10.0. The molecule has 28 heavy (non-hydrogen) atoms. The topological polar surface area (TPSA) is 84.2 Å². The van der Waals surface area contributed by atoms with Gasteiger partial charge in [0.05, 0.1) is 23.9 Å². The molecule has 3 N–H and O–H groups in total. The summed E-state index contributed by atoms with van der Waals surface area (Å²) in [5.74, 6) is 0.802. The van der Waals surface area contributed by atoms with E-state index in [-0.39, 0.29) is 6.61 Å². The van der Waals surface area contributed by atoms with Crippen molar-refractivity contribution in [2.45, 2.75) is 26.8 Å². The highest BCUT2D eigenvalue weighted by Gasteiger charge is 2.17. The fraction of sp³-hybridized carbons (Fsp3) is 0.261. The van der Waals surface area contributed by atoms with E-state index in [2.05, 4.69) is 17.6 Å². The van der Waals surface area contributed by atoms with Crippen molar-refractivity contribution in [1.82, 2.24) is 4.57 Å². The third-order valence-electron chi connectivity index (χ3n) is 4.97. The Morgan fingerprint density at radius 3 is 2.32 bits per heavy atom.